The minimum atomic E-state index is -1.44. The molecule has 1 unspecified atom stereocenters. The molecular formula is C18H14N4O2S. The molecule has 3 aromatic heterocycles. The molecule has 124 valence electrons. The van der Waals surface area contributed by atoms with Crippen LogP contribution in [0.4, 0.5) is 0 Å². The maximum absolute atomic E-state index is 11.7. The van der Waals surface area contributed by atoms with E-state index >= 15 is 0 Å². The lowest BCUT2D eigenvalue weighted by molar-refractivity contribution is 0.446. The zero-order chi connectivity index (χ0) is 17.2. The summed E-state index contributed by atoms with van der Waals surface area (Å²) in [6.45, 7) is 0. The quantitative estimate of drug-likeness (QED) is 0.565. The second-order valence-corrected chi connectivity index (χ2v) is 6.57. The van der Waals surface area contributed by atoms with Crippen molar-refractivity contribution in [3.63, 3.8) is 0 Å². The van der Waals surface area contributed by atoms with Crippen LogP contribution >= 0.6 is 0 Å². The third-order valence-electron chi connectivity index (χ3n) is 3.83. The van der Waals surface area contributed by atoms with Crippen molar-refractivity contribution < 1.29 is 8.39 Å². The van der Waals surface area contributed by atoms with Gasteiger partial charge in [-0.2, -0.15) is 5.10 Å². The fourth-order valence-electron chi connectivity index (χ4n) is 2.58. The average Bonchev–Trinajstić information content (AvgIpc) is 3.11. The van der Waals surface area contributed by atoms with Gasteiger partial charge in [0.1, 0.15) is 0 Å². The Morgan fingerprint density at radius 1 is 0.960 bits per heavy atom. The number of hydrogen-bond acceptors (Lipinski definition) is 5. The van der Waals surface area contributed by atoms with Crippen molar-refractivity contribution in [2.24, 2.45) is 0 Å². The molecule has 0 fully saturated rings. The Morgan fingerprint density at radius 3 is 2.44 bits per heavy atom. The van der Waals surface area contributed by atoms with Crippen molar-refractivity contribution in [2.75, 3.05) is 7.11 Å². The van der Waals surface area contributed by atoms with E-state index in [1.165, 1.54) is 7.11 Å². The van der Waals surface area contributed by atoms with Crippen molar-refractivity contribution in [1.82, 2.24) is 19.6 Å². The Kier molecular flexibility index (Phi) is 4.09. The van der Waals surface area contributed by atoms with Crippen LogP contribution in [0.5, 0.6) is 0 Å². The second-order valence-electron chi connectivity index (χ2n) is 5.29. The van der Waals surface area contributed by atoms with Crippen LogP contribution in [0.1, 0.15) is 0 Å². The molecule has 3 heterocycles. The van der Waals surface area contributed by atoms with E-state index in [0.717, 1.165) is 28.2 Å². The van der Waals surface area contributed by atoms with Gasteiger partial charge in [-0.1, -0.05) is 12.1 Å². The van der Waals surface area contributed by atoms with Crippen molar-refractivity contribution in [3.8, 4) is 22.5 Å². The van der Waals surface area contributed by atoms with Crippen LogP contribution in [0.3, 0.4) is 0 Å². The van der Waals surface area contributed by atoms with Crippen LogP contribution in [-0.4, -0.2) is 30.9 Å². The van der Waals surface area contributed by atoms with Crippen LogP contribution in [-0.2, 0) is 15.3 Å². The summed E-state index contributed by atoms with van der Waals surface area (Å²) < 4.78 is 18.3. The smallest absolute Gasteiger partial charge is 0.188 e. The van der Waals surface area contributed by atoms with Gasteiger partial charge in [0.2, 0.25) is 0 Å². The highest BCUT2D eigenvalue weighted by Crippen LogP contribution is 2.23. The number of benzene rings is 1. The molecule has 0 saturated heterocycles. The number of hydrogen-bond donors (Lipinski definition) is 0. The summed E-state index contributed by atoms with van der Waals surface area (Å²) in [5.41, 5.74) is 4.39. The normalized spacial score (nSPS) is 12.4. The summed E-state index contributed by atoms with van der Waals surface area (Å²) in [6, 6.07) is 15.0. The number of aromatic nitrogens is 4. The first-order valence-corrected chi connectivity index (χ1v) is 8.65. The molecule has 4 aromatic rings. The maximum Gasteiger partial charge on any atom is 0.188 e. The summed E-state index contributed by atoms with van der Waals surface area (Å²) in [4.78, 5) is 9.06. The first-order valence-electron chi connectivity index (χ1n) is 7.58. The van der Waals surface area contributed by atoms with Crippen LogP contribution in [0.2, 0.25) is 0 Å². The van der Waals surface area contributed by atoms with E-state index in [0.29, 0.717) is 4.90 Å². The van der Waals surface area contributed by atoms with E-state index in [9.17, 15) is 4.21 Å². The van der Waals surface area contributed by atoms with Crippen LogP contribution in [0, 0.1) is 0 Å². The molecule has 0 spiro atoms. The lowest BCUT2D eigenvalue weighted by Crippen LogP contribution is -1.97. The zero-order valence-corrected chi connectivity index (χ0v) is 14.2. The molecule has 25 heavy (non-hydrogen) atoms. The lowest BCUT2D eigenvalue weighted by Gasteiger charge is -2.05. The topological polar surface area (TPSA) is 69.4 Å². The largest absolute Gasteiger partial charge is 0.290 e. The van der Waals surface area contributed by atoms with E-state index in [2.05, 4.69) is 9.97 Å². The van der Waals surface area contributed by atoms with E-state index in [-0.39, 0.29) is 0 Å². The van der Waals surface area contributed by atoms with E-state index in [1.807, 2.05) is 40.9 Å². The third-order valence-corrected chi connectivity index (χ3v) is 4.79. The highest BCUT2D eigenvalue weighted by molar-refractivity contribution is 7.80. The van der Waals surface area contributed by atoms with E-state index < -0.39 is 11.1 Å². The summed E-state index contributed by atoms with van der Waals surface area (Å²) in [5.74, 6) is 0. The van der Waals surface area contributed by atoms with E-state index in [4.69, 9.17) is 9.28 Å². The predicted molar refractivity (Wildman–Crippen MR) is 95.1 cm³/mol. The molecule has 0 N–H and O–H groups in total. The molecule has 7 heteroatoms. The van der Waals surface area contributed by atoms with Crippen LogP contribution in [0.15, 0.2) is 72.0 Å². The fraction of sp³-hybridized carbons (Fsp3) is 0.0556. The van der Waals surface area contributed by atoms with Crippen LogP contribution in [0.25, 0.3) is 28.2 Å². The molecule has 0 aliphatic carbocycles. The number of nitrogens with zero attached hydrogens (tertiary/aromatic N) is 4. The molecule has 0 aliphatic rings. The molecule has 0 amide bonds. The van der Waals surface area contributed by atoms with Gasteiger partial charge in [0.25, 0.3) is 0 Å². The minimum Gasteiger partial charge on any atom is -0.290 e. The molecule has 1 aromatic carbocycles. The molecule has 6 nitrogen and oxygen atoms in total. The van der Waals surface area contributed by atoms with Crippen molar-refractivity contribution in [3.05, 3.63) is 67.1 Å². The van der Waals surface area contributed by atoms with Crippen LogP contribution < -0.4 is 0 Å². The van der Waals surface area contributed by atoms with Gasteiger partial charge in [-0.05, 0) is 36.4 Å². The average molecular weight is 350 g/mol. The number of rotatable bonds is 4. The summed E-state index contributed by atoms with van der Waals surface area (Å²) in [6.07, 6.45) is 5.28. The highest BCUT2D eigenvalue weighted by atomic mass is 32.2. The number of pyridine rings is 1. The Balaban J connectivity index is 1.77. The first kappa shape index (κ1) is 15.6. The van der Waals surface area contributed by atoms with Crippen molar-refractivity contribution in [2.45, 2.75) is 4.90 Å². The first-order chi connectivity index (χ1) is 12.3. The Hall–Kier alpha value is -2.90. The van der Waals surface area contributed by atoms with Gasteiger partial charge in [-0.25, -0.2) is 13.7 Å². The van der Waals surface area contributed by atoms with E-state index in [1.54, 1.807) is 30.7 Å². The zero-order valence-electron chi connectivity index (χ0n) is 13.4. The molecule has 0 aliphatic heterocycles. The Bertz CT molecular complexity index is 1050. The summed E-state index contributed by atoms with van der Waals surface area (Å²) >= 11 is -1.44. The monoisotopic (exact) mass is 350 g/mol. The molecule has 4 rings (SSSR count). The van der Waals surface area contributed by atoms with Gasteiger partial charge in [0.05, 0.1) is 29.6 Å². The van der Waals surface area contributed by atoms with Gasteiger partial charge in [0.15, 0.2) is 16.7 Å². The molecule has 1 atom stereocenters. The van der Waals surface area contributed by atoms with Gasteiger partial charge < -0.3 is 0 Å². The third kappa shape index (κ3) is 2.95. The van der Waals surface area contributed by atoms with Gasteiger partial charge in [-0.3, -0.25) is 9.17 Å². The summed E-state index contributed by atoms with van der Waals surface area (Å²) in [5, 5.41) is 4.70. The standard InChI is InChI=1S/C18H14N4O2S/c1-24-25(23)15-4-2-13(3-5-15)16-6-7-18-20-12-17(22(18)21-16)14-8-10-19-11-9-14/h2-12H,1H3. The lowest BCUT2D eigenvalue weighted by atomic mass is 10.1. The Labute approximate surface area is 146 Å². The van der Waals surface area contributed by atoms with Gasteiger partial charge in [-0.15, -0.1) is 0 Å². The van der Waals surface area contributed by atoms with Gasteiger partial charge >= 0.3 is 0 Å². The summed E-state index contributed by atoms with van der Waals surface area (Å²) in [7, 11) is 1.42. The van der Waals surface area contributed by atoms with Gasteiger partial charge in [0, 0.05) is 23.5 Å². The second kappa shape index (κ2) is 6.54. The van der Waals surface area contributed by atoms with Crippen molar-refractivity contribution >= 4 is 16.7 Å². The SMILES string of the molecule is COS(=O)c1ccc(-c2ccc3ncc(-c4ccncc4)n3n2)cc1. The Morgan fingerprint density at radius 2 is 1.72 bits per heavy atom. The predicted octanol–water partition coefficient (Wildman–Crippen LogP) is 3.13. The van der Waals surface area contributed by atoms with Crippen molar-refractivity contribution in [1.29, 1.82) is 0 Å². The molecule has 0 saturated carbocycles. The molecule has 0 bridgehead atoms. The minimum absolute atomic E-state index is 0.618. The molecular weight excluding hydrogens is 336 g/mol. The molecule has 0 radical (unpaired) electrons. The fourth-order valence-corrected chi connectivity index (χ4v) is 3.13. The maximum atomic E-state index is 11.7. The highest BCUT2D eigenvalue weighted by Gasteiger charge is 2.09. The number of imidazole rings is 1. The number of fused-ring (bicyclic) bond motifs is 1.